The summed E-state index contributed by atoms with van der Waals surface area (Å²) in [5.41, 5.74) is 0. The van der Waals surface area contributed by atoms with E-state index in [-0.39, 0.29) is 5.91 Å². The van der Waals surface area contributed by atoms with Gasteiger partial charge in [0.1, 0.15) is 0 Å². The van der Waals surface area contributed by atoms with Gasteiger partial charge in [0.05, 0.1) is 0 Å². The molecule has 1 amide bonds. The van der Waals surface area contributed by atoms with E-state index in [4.69, 9.17) is 0 Å². The van der Waals surface area contributed by atoms with Crippen molar-refractivity contribution in [1.82, 2.24) is 10.6 Å². The summed E-state index contributed by atoms with van der Waals surface area (Å²) >= 11 is 2.01. The van der Waals surface area contributed by atoms with Crippen molar-refractivity contribution in [3.05, 3.63) is 0 Å². The number of hydrogen-bond donors (Lipinski definition) is 2. The highest BCUT2D eigenvalue weighted by molar-refractivity contribution is 8.00. The highest BCUT2D eigenvalue weighted by atomic mass is 32.2. The Kier molecular flexibility index (Phi) is 4.97. The van der Waals surface area contributed by atoms with Crippen LogP contribution in [0.15, 0.2) is 0 Å². The Bertz CT molecular complexity index is 223. The molecule has 0 radical (unpaired) electrons. The summed E-state index contributed by atoms with van der Waals surface area (Å²) in [5, 5.41) is 7.10. The molecule has 2 rings (SSSR count). The van der Waals surface area contributed by atoms with E-state index in [1.807, 2.05) is 11.8 Å². The van der Waals surface area contributed by atoms with Crippen molar-refractivity contribution in [2.75, 3.05) is 25.4 Å². The maximum Gasteiger partial charge on any atom is 0.220 e. The normalized spacial score (nSPS) is 26.9. The van der Waals surface area contributed by atoms with Gasteiger partial charge in [-0.1, -0.05) is 0 Å². The fourth-order valence-corrected chi connectivity index (χ4v) is 3.65. The van der Waals surface area contributed by atoms with Crippen molar-refractivity contribution in [1.29, 1.82) is 0 Å². The lowest BCUT2D eigenvalue weighted by atomic mass is 9.94. The van der Waals surface area contributed by atoms with Gasteiger partial charge in [0, 0.05) is 18.2 Å². The zero-order valence-electron chi connectivity index (χ0n) is 9.84. The van der Waals surface area contributed by atoms with Gasteiger partial charge in [-0.2, -0.15) is 11.8 Å². The van der Waals surface area contributed by atoms with Gasteiger partial charge in [-0.3, -0.25) is 4.79 Å². The lowest BCUT2D eigenvalue weighted by Gasteiger charge is -2.22. The molecule has 2 N–H and O–H groups in total. The third-order valence-corrected chi connectivity index (χ3v) is 4.88. The molecule has 0 spiro atoms. The first-order valence-corrected chi connectivity index (χ1v) is 7.48. The van der Waals surface area contributed by atoms with Crippen molar-refractivity contribution < 1.29 is 4.79 Å². The summed E-state index contributed by atoms with van der Waals surface area (Å²) in [6, 6.07) is 0. The molecule has 1 unspecified atom stereocenters. The minimum atomic E-state index is 0.263. The highest BCUT2D eigenvalue weighted by Crippen LogP contribution is 2.25. The second-order valence-corrected chi connectivity index (χ2v) is 6.24. The Morgan fingerprint density at radius 1 is 1.31 bits per heavy atom. The minimum Gasteiger partial charge on any atom is -0.355 e. The third kappa shape index (κ3) is 3.98. The number of nitrogens with one attached hydrogen (secondary N) is 2. The van der Waals surface area contributed by atoms with Gasteiger partial charge in [0.25, 0.3) is 0 Å². The van der Waals surface area contributed by atoms with E-state index < -0.39 is 0 Å². The summed E-state index contributed by atoms with van der Waals surface area (Å²) in [6.07, 6.45) is 5.65. The largest absolute Gasteiger partial charge is 0.355 e. The van der Waals surface area contributed by atoms with Crippen molar-refractivity contribution in [2.45, 2.75) is 37.4 Å². The van der Waals surface area contributed by atoms with Gasteiger partial charge < -0.3 is 10.6 Å². The van der Waals surface area contributed by atoms with Crippen LogP contribution in [-0.2, 0) is 4.79 Å². The van der Waals surface area contributed by atoms with E-state index in [1.54, 1.807) is 0 Å². The van der Waals surface area contributed by atoms with Crippen LogP contribution in [0.2, 0.25) is 0 Å². The first kappa shape index (κ1) is 12.2. The molecule has 2 aliphatic heterocycles. The molecule has 1 atom stereocenters. The predicted molar refractivity (Wildman–Crippen MR) is 68.7 cm³/mol. The predicted octanol–water partition coefficient (Wildman–Crippen LogP) is 1.39. The van der Waals surface area contributed by atoms with Crippen molar-refractivity contribution in [2.24, 2.45) is 5.92 Å². The van der Waals surface area contributed by atoms with E-state index >= 15 is 0 Å². The summed E-state index contributed by atoms with van der Waals surface area (Å²) in [5.74, 6) is 2.14. The molecule has 16 heavy (non-hydrogen) atoms. The van der Waals surface area contributed by atoms with Crippen LogP contribution in [0.1, 0.15) is 32.1 Å². The van der Waals surface area contributed by atoms with Gasteiger partial charge in [0.2, 0.25) is 5.91 Å². The molecule has 0 aromatic carbocycles. The molecule has 0 saturated carbocycles. The van der Waals surface area contributed by atoms with Crippen LogP contribution in [0.4, 0.5) is 0 Å². The molecule has 0 aliphatic carbocycles. The quantitative estimate of drug-likeness (QED) is 0.783. The van der Waals surface area contributed by atoms with Crippen molar-refractivity contribution in [3.63, 3.8) is 0 Å². The van der Waals surface area contributed by atoms with Crippen LogP contribution in [0.5, 0.6) is 0 Å². The molecule has 92 valence electrons. The first-order chi connectivity index (χ1) is 7.84. The summed E-state index contributed by atoms with van der Waals surface area (Å²) < 4.78 is 0. The van der Waals surface area contributed by atoms with Gasteiger partial charge in [-0.15, -0.1) is 0 Å². The molecule has 2 aliphatic rings. The Labute approximate surface area is 102 Å². The maximum atomic E-state index is 11.7. The lowest BCUT2D eigenvalue weighted by molar-refractivity contribution is -0.122. The Hall–Kier alpha value is -0.220. The van der Waals surface area contributed by atoms with Gasteiger partial charge >= 0.3 is 0 Å². The monoisotopic (exact) mass is 242 g/mol. The van der Waals surface area contributed by atoms with E-state index in [2.05, 4.69) is 10.6 Å². The smallest absolute Gasteiger partial charge is 0.220 e. The number of piperidine rings is 1. The fraction of sp³-hybridized carbons (Fsp3) is 0.917. The molecule has 0 aromatic heterocycles. The van der Waals surface area contributed by atoms with Crippen LogP contribution in [0.25, 0.3) is 0 Å². The SMILES string of the molecule is O=C(CC1CCNCC1)NCC1CCCS1. The fourth-order valence-electron chi connectivity index (χ4n) is 2.45. The topological polar surface area (TPSA) is 41.1 Å². The van der Waals surface area contributed by atoms with Crippen LogP contribution in [0, 0.1) is 5.92 Å². The molecule has 0 bridgehead atoms. The average molecular weight is 242 g/mol. The lowest BCUT2D eigenvalue weighted by Crippen LogP contribution is -2.34. The van der Waals surface area contributed by atoms with Gasteiger partial charge in [0.15, 0.2) is 0 Å². The zero-order valence-corrected chi connectivity index (χ0v) is 10.7. The highest BCUT2D eigenvalue weighted by Gasteiger charge is 2.19. The zero-order chi connectivity index (χ0) is 11.2. The van der Waals surface area contributed by atoms with Crippen molar-refractivity contribution >= 4 is 17.7 Å². The van der Waals surface area contributed by atoms with Gasteiger partial charge in [-0.05, 0) is 50.4 Å². The molecular formula is C12H22N2OS. The van der Waals surface area contributed by atoms with Crippen LogP contribution >= 0.6 is 11.8 Å². The molecule has 2 saturated heterocycles. The standard InChI is InChI=1S/C12H22N2OS/c15-12(8-10-3-5-13-6-4-10)14-9-11-2-1-7-16-11/h10-11,13H,1-9H2,(H,14,15). The van der Waals surface area contributed by atoms with Crippen LogP contribution in [0.3, 0.4) is 0 Å². The second-order valence-electron chi connectivity index (χ2n) is 4.84. The second kappa shape index (κ2) is 6.50. The van der Waals surface area contributed by atoms with Gasteiger partial charge in [-0.25, -0.2) is 0 Å². The number of carbonyl (C=O) groups excluding carboxylic acids is 1. The summed E-state index contributed by atoms with van der Waals surface area (Å²) in [6.45, 7) is 3.04. The minimum absolute atomic E-state index is 0.263. The number of rotatable bonds is 4. The van der Waals surface area contributed by atoms with E-state index in [1.165, 1.54) is 18.6 Å². The molecule has 3 nitrogen and oxygen atoms in total. The number of hydrogen-bond acceptors (Lipinski definition) is 3. The Morgan fingerprint density at radius 3 is 2.81 bits per heavy atom. The number of thioether (sulfide) groups is 1. The summed E-state index contributed by atoms with van der Waals surface area (Å²) in [4.78, 5) is 11.7. The third-order valence-electron chi connectivity index (χ3n) is 3.48. The molecule has 4 heteroatoms. The first-order valence-electron chi connectivity index (χ1n) is 6.43. The van der Waals surface area contributed by atoms with E-state index in [0.29, 0.717) is 11.2 Å². The Morgan fingerprint density at radius 2 is 2.12 bits per heavy atom. The van der Waals surface area contributed by atoms with E-state index in [0.717, 1.165) is 38.9 Å². The number of amides is 1. The van der Waals surface area contributed by atoms with Crippen LogP contribution in [-0.4, -0.2) is 36.5 Å². The average Bonchev–Trinajstić information content (AvgIpc) is 2.81. The molecule has 2 heterocycles. The number of carbonyl (C=O) groups is 1. The van der Waals surface area contributed by atoms with Crippen LogP contribution < -0.4 is 10.6 Å². The molecule has 0 aromatic rings. The Balaban J connectivity index is 1.59. The van der Waals surface area contributed by atoms with Crippen molar-refractivity contribution in [3.8, 4) is 0 Å². The van der Waals surface area contributed by atoms with E-state index in [9.17, 15) is 4.79 Å². The molecule has 2 fully saturated rings. The maximum absolute atomic E-state index is 11.7. The molecular weight excluding hydrogens is 220 g/mol. The summed E-state index contributed by atoms with van der Waals surface area (Å²) in [7, 11) is 0.